The van der Waals surface area contributed by atoms with Crippen molar-refractivity contribution in [3.63, 3.8) is 0 Å². The second kappa shape index (κ2) is 10.0. The quantitative estimate of drug-likeness (QED) is 0.648. The number of hydrogen-bond donors (Lipinski definition) is 0. The Morgan fingerprint density at radius 1 is 1.16 bits per heavy atom. The van der Waals surface area contributed by atoms with Crippen LogP contribution in [0.2, 0.25) is 0 Å². The molecule has 32 heavy (non-hydrogen) atoms. The van der Waals surface area contributed by atoms with Gasteiger partial charge in [-0.05, 0) is 58.2 Å². The first kappa shape index (κ1) is 23.6. The third kappa shape index (κ3) is 4.87. The van der Waals surface area contributed by atoms with Gasteiger partial charge in [0.05, 0.1) is 24.6 Å². The number of para-hydroxylation sites is 1. The molecule has 7 nitrogen and oxygen atoms in total. The number of likely N-dealkylation sites (tertiary alicyclic amines) is 1. The first-order valence-electron chi connectivity index (χ1n) is 11.2. The van der Waals surface area contributed by atoms with E-state index in [9.17, 15) is 14.4 Å². The number of hydrogen-bond acceptors (Lipinski definition) is 4. The summed E-state index contributed by atoms with van der Waals surface area (Å²) in [4.78, 5) is 41.3. The third-order valence-corrected chi connectivity index (χ3v) is 6.13. The van der Waals surface area contributed by atoms with E-state index in [-0.39, 0.29) is 30.2 Å². The molecule has 0 N–H and O–H groups in total. The Kier molecular flexibility index (Phi) is 7.38. The van der Waals surface area contributed by atoms with Crippen LogP contribution in [0.4, 0.5) is 0 Å². The van der Waals surface area contributed by atoms with E-state index in [2.05, 4.69) is 4.57 Å². The van der Waals surface area contributed by atoms with Crippen molar-refractivity contribution in [1.29, 1.82) is 0 Å². The first-order chi connectivity index (χ1) is 15.2. The first-order valence-corrected chi connectivity index (χ1v) is 11.2. The summed E-state index contributed by atoms with van der Waals surface area (Å²) in [5, 5.41) is 0. The topological polar surface area (TPSA) is 71.8 Å². The number of nitrogens with zero attached hydrogens (tertiary/aromatic N) is 3. The van der Waals surface area contributed by atoms with Crippen LogP contribution in [0.25, 0.3) is 5.69 Å². The molecule has 172 valence electrons. The normalized spacial score (nSPS) is 16.0. The number of esters is 1. The summed E-state index contributed by atoms with van der Waals surface area (Å²) >= 11 is 0. The fourth-order valence-corrected chi connectivity index (χ4v) is 4.40. The molecule has 2 amide bonds. The molecule has 0 saturated carbocycles. The minimum atomic E-state index is -0.290. The predicted octanol–water partition coefficient (Wildman–Crippen LogP) is 3.28. The molecule has 2 aromatic rings. The molecule has 0 spiro atoms. The number of carbonyl (C=O) groups excluding carboxylic acids is 3. The summed E-state index contributed by atoms with van der Waals surface area (Å²) in [6.45, 7) is 8.98. The van der Waals surface area contributed by atoms with Crippen LogP contribution in [0.15, 0.2) is 30.3 Å². The predicted molar refractivity (Wildman–Crippen MR) is 123 cm³/mol. The minimum Gasteiger partial charge on any atom is -0.466 e. The molecule has 0 aliphatic carbocycles. The summed E-state index contributed by atoms with van der Waals surface area (Å²) < 4.78 is 7.19. The SMILES string of the molecule is CCOC(=O)C1CCCN(C(=O)CN(C)C(=O)c2cc(C)n(-c3ccccc3C)c2C)C1. The summed E-state index contributed by atoms with van der Waals surface area (Å²) in [6.07, 6.45) is 1.48. The molecule has 0 bridgehead atoms. The van der Waals surface area contributed by atoms with Gasteiger partial charge in [0.25, 0.3) is 5.91 Å². The van der Waals surface area contributed by atoms with Gasteiger partial charge in [-0.3, -0.25) is 14.4 Å². The van der Waals surface area contributed by atoms with Crippen molar-refractivity contribution in [1.82, 2.24) is 14.4 Å². The van der Waals surface area contributed by atoms with E-state index < -0.39 is 0 Å². The fourth-order valence-electron chi connectivity index (χ4n) is 4.40. The van der Waals surface area contributed by atoms with Crippen molar-refractivity contribution < 1.29 is 19.1 Å². The van der Waals surface area contributed by atoms with Gasteiger partial charge in [0.1, 0.15) is 0 Å². The molecule has 1 saturated heterocycles. The van der Waals surface area contributed by atoms with E-state index in [4.69, 9.17) is 4.74 Å². The fraction of sp³-hybridized carbons (Fsp3) is 0.480. The number of amides is 2. The van der Waals surface area contributed by atoms with Gasteiger partial charge < -0.3 is 19.1 Å². The van der Waals surface area contributed by atoms with Crippen molar-refractivity contribution >= 4 is 17.8 Å². The molecule has 1 atom stereocenters. The van der Waals surface area contributed by atoms with Crippen molar-refractivity contribution in [2.75, 3.05) is 33.3 Å². The van der Waals surface area contributed by atoms with Crippen LogP contribution in [0.3, 0.4) is 0 Å². The van der Waals surface area contributed by atoms with Crippen LogP contribution in [0, 0.1) is 26.7 Å². The van der Waals surface area contributed by atoms with E-state index in [0.717, 1.165) is 35.5 Å². The number of ether oxygens (including phenoxy) is 1. The Morgan fingerprint density at radius 3 is 2.56 bits per heavy atom. The Hall–Kier alpha value is -3.09. The highest BCUT2D eigenvalue weighted by atomic mass is 16.5. The molecule has 1 aromatic heterocycles. The number of benzene rings is 1. The smallest absolute Gasteiger partial charge is 0.310 e. The number of aryl methyl sites for hydroxylation is 2. The Labute approximate surface area is 189 Å². The lowest BCUT2D eigenvalue weighted by atomic mass is 9.98. The number of rotatable bonds is 6. The number of aromatic nitrogens is 1. The number of piperidine rings is 1. The van der Waals surface area contributed by atoms with Crippen LogP contribution < -0.4 is 0 Å². The van der Waals surface area contributed by atoms with Crippen molar-refractivity contribution in [3.8, 4) is 5.69 Å². The van der Waals surface area contributed by atoms with E-state index in [0.29, 0.717) is 25.3 Å². The Morgan fingerprint density at radius 2 is 1.88 bits per heavy atom. The van der Waals surface area contributed by atoms with Gasteiger partial charge in [0.2, 0.25) is 5.91 Å². The lowest BCUT2D eigenvalue weighted by molar-refractivity contribution is -0.151. The molecule has 1 aliphatic heterocycles. The van der Waals surface area contributed by atoms with E-state index in [1.54, 1.807) is 18.9 Å². The van der Waals surface area contributed by atoms with Crippen LogP contribution in [0.1, 0.15) is 47.1 Å². The van der Waals surface area contributed by atoms with Gasteiger partial charge in [-0.25, -0.2) is 0 Å². The zero-order chi connectivity index (χ0) is 23.4. The molecule has 3 rings (SSSR count). The average Bonchev–Trinajstić information content (AvgIpc) is 3.07. The maximum absolute atomic E-state index is 13.2. The molecule has 1 aliphatic rings. The standard InChI is InChI=1S/C25H33N3O4/c1-6-32-25(31)20-11-9-13-27(15-20)23(29)16-26(5)24(30)21-14-18(3)28(19(21)4)22-12-8-7-10-17(22)2/h7-8,10,12,14,20H,6,9,11,13,15-16H2,1-5H3. The molecule has 1 aromatic carbocycles. The van der Waals surface area contributed by atoms with E-state index in [1.807, 2.05) is 51.1 Å². The Balaban J connectivity index is 1.71. The van der Waals surface area contributed by atoms with Gasteiger partial charge in [-0.2, -0.15) is 0 Å². The van der Waals surface area contributed by atoms with Crippen LogP contribution in [0.5, 0.6) is 0 Å². The molecule has 1 unspecified atom stereocenters. The van der Waals surface area contributed by atoms with Crippen LogP contribution in [-0.4, -0.2) is 65.4 Å². The highest BCUT2D eigenvalue weighted by Crippen LogP contribution is 2.24. The van der Waals surface area contributed by atoms with Gasteiger partial charge >= 0.3 is 5.97 Å². The summed E-state index contributed by atoms with van der Waals surface area (Å²) in [6, 6.07) is 9.93. The average molecular weight is 440 g/mol. The molecular weight excluding hydrogens is 406 g/mol. The molecule has 2 heterocycles. The third-order valence-electron chi connectivity index (χ3n) is 6.13. The maximum atomic E-state index is 13.2. The highest BCUT2D eigenvalue weighted by Gasteiger charge is 2.30. The molecular formula is C25H33N3O4. The van der Waals surface area contributed by atoms with E-state index >= 15 is 0 Å². The van der Waals surface area contributed by atoms with Crippen LogP contribution >= 0.6 is 0 Å². The second-order valence-corrected chi connectivity index (χ2v) is 8.50. The van der Waals surface area contributed by atoms with Gasteiger partial charge in [-0.15, -0.1) is 0 Å². The van der Waals surface area contributed by atoms with Gasteiger partial charge in [0.15, 0.2) is 0 Å². The van der Waals surface area contributed by atoms with Crippen molar-refractivity contribution in [3.05, 3.63) is 52.8 Å². The monoisotopic (exact) mass is 439 g/mol. The number of likely N-dealkylation sites (N-methyl/N-ethyl adjacent to an activating group) is 1. The molecule has 7 heteroatoms. The van der Waals surface area contributed by atoms with Gasteiger partial charge in [0, 0.05) is 37.2 Å². The highest BCUT2D eigenvalue weighted by molar-refractivity contribution is 5.98. The Bertz CT molecular complexity index is 1010. The molecule has 1 fully saturated rings. The number of carbonyl (C=O) groups is 3. The summed E-state index contributed by atoms with van der Waals surface area (Å²) in [5.41, 5.74) is 4.57. The van der Waals surface area contributed by atoms with Crippen molar-refractivity contribution in [2.24, 2.45) is 5.92 Å². The summed E-state index contributed by atoms with van der Waals surface area (Å²) in [7, 11) is 1.65. The van der Waals surface area contributed by atoms with Gasteiger partial charge in [-0.1, -0.05) is 18.2 Å². The van der Waals surface area contributed by atoms with E-state index in [1.165, 1.54) is 4.90 Å². The summed E-state index contributed by atoms with van der Waals surface area (Å²) in [5.74, 6) is -0.882. The zero-order valence-electron chi connectivity index (χ0n) is 19.7. The zero-order valence-corrected chi connectivity index (χ0v) is 19.7. The molecule has 0 radical (unpaired) electrons. The lowest BCUT2D eigenvalue weighted by Crippen LogP contribution is -2.47. The largest absolute Gasteiger partial charge is 0.466 e. The minimum absolute atomic E-state index is 0.0254. The van der Waals surface area contributed by atoms with Crippen molar-refractivity contribution in [2.45, 2.75) is 40.5 Å². The maximum Gasteiger partial charge on any atom is 0.310 e. The lowest BCUT2D eigenvalue weighted by Gasteiger charge is -2.32. The second-order valence-electron chi connectivity index (χ2n) is 8.50. The van der Waals surface area contributed by atoms with Crippen LogP contribution in [-0.2, 0) is 14.3 Å².